The second kappa shape index (κ2) is 15.8. The monoisotopic (exact) mass is 691 g/mol. The summed E-state index contributed by atoms with van der Waals surface area (Å²) in [6, 6.07) is 6.61. The van der Waals surface area contributed by atoms with E-state index >= 15 is 0 Å². The van der Waals surface area contributed by atoms with Gasteiger partial charge in [-0.2, -0.15) is 5.06 Å². The minimum atomic E-state index is -1.04. The smallest absolute Gasteiger partial charge is 0.408 e. The van der Waals surface area contributed by atoms with Gasteiger partial charge in [-0.15, -0.1) is 0 Å². The maximum absolute atomic E-state index is 14.3. The molecule has 6 aliphatic rings. The van der Waals surface area contributed by atoms with Gasteiger partial charge in [0.05, 0.1) is 6.10 Å². The van der Waals surface area contributed by atoms with Crippen molar-refractivity contribution in [3.05, 3.63) is 47.5 Å². The van der Waals surface area contributed by atoms with E-state index < -0.39 is 29.8 Å². The van der Waals surface area contributed by atoms with Gasteiger partial charge in [0, 0.05) is 38.5 Å². The van der Waals surface area contributed by atoms with Crippen molar-refractivity contribution in [2.24, 2.45) is 11.8 Å². The zero-order valence-corrected chi connectivity index (χ0v) is 29.1. The van der Waals surface area contributed by atoms with Gasteiger partial charge < -0.3 is 30.3 Å². The van der Waals surface area contributed by atoms with Crippen molar-refractivity contribution in [2.75, 3.05) is 26.4 Å². The van der Waals surface area contributed by atoms with Gasteiger partial charge in [0.1, 0.15) is 23.7 Å². The molecular weight excluding hydrogens is 638 g/mol. The van der Waals surface area contributed by atoms with Gasteiger partial charge in [0.2, 0.25) is 17.7 Å². The van der Waals surface area contributed by atoms with E-state index in [1.165, 1.54) is 11.1 Å². The summed E-state index contributed by atoms with van der Waals surface area (Å²) in [6.45, 7) is 2.17. The number of rotatable bonds is 9. The Bertz CT molecular complexity index is 1430. The number of ether oxygens (including phenoxy) is 2. The average Bonchev–Trinajstić information content (AvgIpc) is 3.96. The number of hydrogen-bond acceptors (Lipinski definition) is 8. The summed E-state index contributed by atoms with van der Waals surface area (Å²) < 4.78 is 11.9. The van der Waals surface area contributed by atoms with Crippen LogP contribution in [-0.4, -0.2) is 90.0 Å². The molecule has 1 saturated heterocycles. The van der Waals surface area contributed by atoms with E-state index in [1.807, 2.05) is 17.2 Å². The number of carbonyl (C=O) groups excluding carboxylic acids is 4. The summed E-state index contributed by atoms with van der Waals surface area (Å²) in [7, 11) is 0. The molecule has 12 heteroatoms. The number of benzene rings is 1. The molecule has 4 fully saturated rings. The number of nitrogens with zero attached hydrogens (tertiary/aromatic N) is 2. The van der Waals surface area contributed by atoms with Gasteiger partial charge in [-0.3, -0.25) is 19.2 Å². The van der Waals surface area contributed by atoms with Crippen LogP contribution in [0.15, 0.2) is 36.4 Å². The lowest BCUT2D eigenvalue weighted by molar-refractivity contribution is -0.241. The lowest BCUT2D eigenvalue weighted by Crippen LogP contribution is -2.58. The van der Waals surface area contributed by atoms with Gasteiger partial charge in [0.15, 0.2) is 6.79 Å². The van der Waals surface area contributed by atoms with Crippen LogP contribution in [0.2, 0.25) is 0 Å². The molecular formula is C38H53N5O7. The summed E-state index contributed by atoms with van der Waals surface area (Å²) in [5.41, 5.74) is 1.51. The number of hydrogen-bond donors (Lipinski definition) is 3. The fourth-order valence-corrected chi connectivity index (χ4v) is 8.03. The first kappa shape index (κ1) is 34.9. The summed E-state index contributed by atoms with van der Waals surface area (Å²) in [5, 5.41) is 10.9. The Morgan fingerprint density at radius 1 is 0.960 bits per heavy atom. The first-order valence-electron chi connectivity index (χ1n) is 19.0. The minimum Gasteiger partial charge on any atom is -0.446 e. The Kier molecular flexibility index (Phi) is 11.1. The SMILES string of the molecule is O=C(N[C@H]1CCCCC/C=C\[C@@H]2C[C@@]2(C(=O)NCC2CC2)NC(=O)[C@@H]2C[C@@H](OCON3CCc4ccccc4C3)CN2C1=O)OC1CCCC1. The maximum atomic E-state index is 14.3. The number of carbonyl (C=O) groups is 4. The van der Waals surface area contributed by atoms with Crippen LogP contribution in [-0.2, 0) is 41.7 Å². The predicted octanol–water partition coefficient (Wildman–Crippen LogP) is 3.88. The third-order valence-electron chi connectivity index (χ3n) is 11.4. The maximum Gasteiger partial charge on any atom is 0.408 e. The summed E-state index contributed by atoms with van der Waals surface area (Å²) in [6.07, 6.45) is 14.4. The van der Waals surface area contributed by atoms with Crippen molar-refractivity contribution in [1.82, 2.24) is 25.9 Å². The molecule has 3 aliphatic carbocycles. The normalized spacial score (nSPS) is 31.3. The van der Waals surface area contributed by atoms with Gasteiger partial charge >= 0.3 is 6.09 Å². The van der Waals surface area contributed by atoms with Crippen LogP contribution in [0, 0.1) is 11.8 Å². The fourth-order valence-electron chi connectivity index (χ4n) is 8.03. The molecule has 3 saturated carbocycles. The second-order valence-corrected chi connectivity index (χ2v) is 15.2. The number of nitrogens with one attached hydrogen (secondary N) is 3. The van der Waals surface area contributed by atoms with E-state index in [-0.39, 0.29) is 49.5 Å². The first-order valence-corrected chi connectivity index (χ1v) is 19.0. The van der Waals surface area contributed by atoms with Crippen LogP contribution >= 0.6 is 0 Å². The van der Waals surface area contributed by atoms with Crippen LogP contribution in [0.3, 0.4) is 0 Å². The van der Waals surface area contributed by atoms with Crippen molar-refractivity contribution in [2.45, 2.75) is 126 Å². The molecule has 0 radical (unpaired) electrons. The Morgan fingerprint density at radius 2 is 1.76 bits per heavy atom. The number of alkyl carbamates (subject to hydrolysis) is 1. The van der Waals surface area contributed by atoms with Gasteiger partial charge in [-0.1, -0.05) is 49.3 Å². The Hall–Kier alpha value is -3.48. The van der Waals surface area contributed by atoms with Crippen LogP contribution in [0.5, 0.6) is 0 Å². The highest BCUT2D eigenvalue weighted by Crippen LogP contribution is 2.46. The third-order valence-corrected chi connectivity index (χ3v) is 11.4. The highest BCUT2D eigenvalue weighted by molar-refractivity contribution is 5.98. The Balaban J connectivity index is 1.05. The molecule has 272 valence electrons. The highest BCUT2D eigenvalue weighted by atomic mass is 16.8. The molecule has 7 rings (SSSR count). The third kappa shape index (κ3) is 8.51. The molecule has 0 bridgehead atoms. The zero-order valence-electron chi connectivity index (χ0n) is 29.1. The molecule has 5 atom stereocenters. The highest BCUT2D eigenvalue weighted by Gasteiger charge is 2.61. The molecule has 0 spiro atoms. The van der Waals surface area contributed by atoms with Gasteiger partial charge in [-0.25, -0.2) is 4.79 Å². The predicted molar refractivity (Wildman–Crippen MR) is 184 cm³/mol. The number of fused-ring (bicyclic) bond motifs is 3. The molecule has 50 heavy (non-hydrogen) atoms. The molecule has 0 unspecified atom stereocenters. The lowest BCUT2D eigenvalue weighted by Gasteiger charge is -2.30. The molecule has 1 aromatic rings. The van der Waals surface area contributed by atoms with E-state index in [0.717, 1.165) is 77.2 Å². The lowest BCUT2D eigenvalue weighted by atomic mass is 10.0. The van der Waals surface area contributed by atoms with E-state index in [9.17, 15) is 19.2 Å². The van der Waals surface area contributed by atoms with Crippen molar-refractivity contribution in [3.8, 4) is 0 Å². The largest absolute Gasteiger partial charge is 0.446 e. The summed E-state index contributed by atoms with van der Waals surface area (Å²) in [5.74, 6) is -0.464. The molecule has 4 amide bonds. The van der Waals surface area contributed by atoms with Crippen LogP contribution < -0.4 is 16.0 Å². The summed E-state index contributed by atoms with van der Waals surface area (Å²) in [4.78, 5) is 62.7. The van der Waals surface area contributed by atoms with Crippen molar-refractivity contribution < 1.29 is 33.5 Å². The van der Waals surface area contributed by atoms with E-state index in [1.54, 1.807) is 4.90 Å². The van der Waals surface area contributed by atoms with Gasteiger partial charge in [0.25, 0.3) is 0 Å². The number of amides is 4. The zero-order chi connectivity index (χ0) is 34.5. The number of hydroxylamine groups is 2. The average molecular weight is 692 g/mol. The van der Waals surface area contributed by atoms with Crippen molar-refractivity contribution in [1.29, 1.82) is 0 Å². The molecule has 1 aromatic carbocycles. The van der Waals surface area contributed by atoms with E-state index in [4.69, 9.17) is 14.3 Å². The fraction of sp³-hybridized carbons (Fsp3) is 0.684. The van der Waals surface area contributed by atoms with E-state index in [2.05, 4.69) is 40.2 Å². The van der Waals surface area contributed by atoms with E-state index in [0.29, 0.717) is 31.8 Å². The van der Waals surface area contributed by atoms with Crippen molar-refractivity contribution >= 4 is 23.8 Å². The van der Waals surface area contributed by atoms with Crippen LogP contribution in [0.25, 0.3) is 0 Å². The molecule has 0 aromatic heterocycles. The number of allylic oxidation sites excluding steroid dienone is 1. The Morgan fingerprint density at radius 3 is 2.58 bits per heavy atom. The molecule has 3 heterocycles. The molecule has 3 aliphatic heterocycles. The van der Waals surface area contributed by atoms with Crippen LogP contribution in [0.4, 0.5) is 4.79 Å². The second-order valence-electron chi connectivity index (χ2n) is 15.2. The minimum absolute atomic E-state index is 0.0149. The quantitative estimate of drug-likeness (QED) is 0.262. The van der Waals surface area contributed by atoms with Crippen LogP contribution in [0.1, 0.15) is 94.6 Å². The molecule has 3 N–H and O–H groups in total. The van der Waals surface area contributed by atoms with Crippen molar-refractivity contribution in [3.63, 3.8) is 0 Å². The first-order chi connectivity index (χ1) is 24.4. The topological polar surface area (TPSA) is 139 Å². The standard InChI is InChI=1S/C38H53N5O7/c44-34-33-20-31(48-25-49-42-19-18-27-10-6-7-11-28(27)23-42)24-43(33)35(45)32(40-37(47)50-30-13-8-9-14-30)15-5-3-1-2-4-12-29-21-38(29,41-34)36(46)39-22-26-16-17-26/h4,6-7,10-12,26,29-33H,1-3,5,8-9,13-25H2,(H,39,46)(H,40,47)(H,41,44)/b12-4-/t29-,31-,32+,33+,38-/m1/s1. The summed E-state index contributed by atoms with van der Waals surface area (Å²) >= 11 is 0. The Labute approximate surface area is 294 Å². The van der Waals surface area contributed by atoms with Gasteiger partial charge in [-0.05, 0) is 87.7 Å². The molecule has 12 nitrogen and oxygen atoms in total.